The monoisotopic (exact) mass is 370 g/mol. The van der Waals surface area contributed by atoms with Crippen LogP contribution in [0.2, 0.25) is 5.02 Å². The summed E-state index contributed by atoms with van der Waals surface area (Å²) in [7, 11) is 0. The third-order valence-electron chi connectivity index (χ3n) is 3.34. The van der Waals surface area contributed by atoms with E-state index < -0.39 is 0 Å². The van der Waals surface area contributed by atoms with E-state index in [1.54, 1.807) is 16.8 Å². The quantitative estimate of drug-likeness (QED) is 0.496. The van der Waals surface area contributed by atoms with Gasteiger partial charge in [0.15, 0.2) is 0 Å². The number of hydrogen-bond acceptors (Lipinski definition) is 7. The topological polar surface area (TPSA) is 82.5 Å². The van der Waals surface area contributed by atoms with Gasteiger partial charge >= 0.3 is 0 Å². The molecule has 0 radical (unpaired) electrons. The minimum Gasteiger partial charge on any atom is -0.338 e. The Bertz CT molecular complexity index is 970. The number of benzene rings is 2. The fourth-order valence-electron chi connectivity index (χ4n) is 2.16. The number of thioether (sulfide) groups is 1. The van der Waals surface area contributed by atoms with E-state index in [-0.39, 0.29) is 0 Å². The molecule has 0 atom stereocenters. The summed E-state index contributed by atoms with van der Waals surface area (Å²) in [6, 6.07) is 16.9. The molecule has 4 rings (SSSR count). The van der Waals surface area contributed by atoms with Gasteiger partial charge in [0.25, 0.3) is 0 Å². The molecule has 25 heavy (non-hydrogen) atoms. The maximum absolute atomic E-state index is 5.89. The summed E-state index contributed by atoms with van der Waals surface area (Å²) < 4.78 is 6.97. The smallest absolute Gasteiger partial charge is 0.237 e. The van der Waals surface area contributed by atoms with Crippen LogP contribution in [0.4, 0.5) is 0 Å². The number of rotatable bonds is 5. The van der Waals surface area contributed by atoms with E-state index in [1.165, 1.54) is 11.8 Å². The van der Waals surface area contributed by atoms with Crippen molar-refractivity contribution in [3.63, 3.8) is 0 Å². The molecule has 9 heteroatoms. The number of hydrogen-bond donors (Lipinski definition) is 0. The molecule has 2 aromatic heterocycles. The zero-order chi connectivity index (χ0) is 17.1. The zero-order valence-electron chi connectivity index (χ0n) is 12.8. The van der Waals surface area contributed by atoms with Gasteiger partial charge < -0.3 is 4.52 Å². The van der Waals surface area contributed by atoms with Crippen molar-refractivity contribution in [3.05, 3.63) is 65.5 Å². The lowest BCUT2D eigenvalue weighted by atomic mass is 10.2. The van der Waals surface area contributed by atoms with Crippen molar-refractivity contribution >= 4 is 23.4 Å². The summed E-state index contributed by atoms with van der Waals surface area (Å²) in [6.45, 7) is 0. The van der Waals surface area contributed by atoms with Crippen LogP contribution in [0.1, 0.15) is 5.89 Å². The predicted molar refractivity (Wildman–Crippen MR) is 93.5 cm³/mol. The highest BCUT2D eigenvalue weighted by atomic mass is 35.5. The summed E-state index contributed by atoms with van der Waals surface area (Å²) in [5, 5.41) is 17.1. The number of aromatic nitrogens is 6. The van der Waals surface area contributed by atoms with Crippen LogP contribution < -0.4 is 0 Å². The Hall–Kier alpha value is -2.71. The van der Waals surface area contributed by atoms with Gasteiger partial charge in [0.1, 0.15) is 0 Å². The van der Waals surface area contributed by atoms with Gasteiger partial charge in [-0.15, -0.1) is 5.10 Å². The van der Waals surface area contributed by atoms with E-state index in [2.05, 4.69) is 25.7 Å². The van der Waals surface area contributed by atoms with Crippen molar-refractivity contribution in [1.29, 1.82) is 0 Å². The van der Waals surface area contributed by atoms with Crippen LogP contribution in [0, 0.1) is 0 Å². The van der Waals surface area contributed by atoms with Gasteiger partial charge in [-0.05, 0) is 46.8 Å². The van der Waals surface area contributed by atoms with Crippen molar-refractivity contribution in [3.8, 4) is 17.1 Å². The first kappa shape index (κ1) is 15.8. The highest BCUT2D eigenvalue weighted by Gasteiger charge is 2.13. The molecule has 0 unspecified atom stereocenters. The largest absolute Gasteiger partial charge is 0.338 e. The molecule has 2 heterocycles. The molecule has 4 aromatic rings. The second-order valence-corrected chi connectivity index (χ2v) is 6.40. The first-order chi connectivity index (χ1) is 12.3. The number of nitrogens with zero attached hydrogens (tertiary/aromatic N) is 6. The second kappa shape index (κ2) is 7.04. The van der Waals surface area contributed by atoms with Gasteiger partial charge in [0, 0.05) is 10.6 Å². The Labute approximate surface area is 152 Å². The van der Waals surface area contributed by atoms with E-state index >= 15 is 0 Å². The predicted octanol–water partition coefficient (Wildman–Crippen LogP) is 3.66. The molecule has 0 spiro atoms. The van der Waals surface area contributed by atoms with Crippen LogP contribution in [-0.4, -0.2) is 30.3 Å². The Morgan fingerprint density at radius 2 is 1.84 bits per heavy atom. The summed E-state index contributed by atoms with van der Waals surface area (Å²) in [4.78, 5) is 4.39. The van der Waals surface area contributed by atoms with Crippen molar-refractivity contribution in [2.24, 2.45) is 0 Å². The molecule has 2 aromatic carbocycles. The summed E-state index contributed by atoms with van der Waals surface area (Å²) >= 11 is 7.31. The minimum atomic E-state index is 0.466. The van der Waals surface area contributed by atoms with Crippen LogP contribution in [0.15, 0.2) is 64.3 Å². The molecule has 124 valence electrons. The SMILES string of the molecule is Clc1ccc(-c2noc(CSc3nnnn3-c3ccccc3)n2)cc1. The van der Waals surface area contributed by atoms with Gasteiger partial charge in [-0.25, -0.2) is 0 Å². The average Bonchev–Trinajstić information content (AvgIpc) is 3.31. The molecule has 0 bridgehead atoms. The van der Waals surface area contributed by atoms with E-state index in [0.29, 0.717) is 27.6 Å². The lowest BCUT2D eigenvalue weighted by molar-refractivity contribution is 0.391. The lowest BCUT2D eigenvalue weighted by Gasteiger charge is -2.02. The molecule has 0 saturated carbocycles. The number of halogens is 1. The Morgan fingerprint density at radius 1 is 1.04 bits per heavy atom. The Balaban J connectivity index is 1.48. The molecule has 0 aliphatic carbocycles. The van der Waals surface area contributed by atoms with Crippen LogP contribution in [0.3, 0.4) is 0 Å². The molecule has 0 aliphatic rings. The number of tetrazole rings is 1. The standard InChI is InChI=1S/C16H11ClN6OS/c17-12-8-6-11(7-9-12)15-18-14(24-20-15)10-25-16-19-21-22-23(16)13-4-2-1-3-5-13/h1-9H,10H2. The third kappa shape index (κ3) is 3.54. The highest BCUT2D eigenvalue weighted by Crippen LogP contribution is 2.24. The zero-order valence-corrected chi connectivity index (χ0v) is 14.4. The molecular formula is C16H11ClN6OS. The van der Waals surface area contributed by atoms with Gasteiger partial charge in [-0.3, -0.25) is 0 Å². The van der Waals surface area contributed by atoms with Gasteiger partial charge in [-0.2, -0.15) is 9.67 Å². The van der Waals surface area contributed by atoms with Crippen LogP contribution >= 0.6 is 23.4 Å². The van der Waals surface area contributed by atoms with E-state index in [4.69, 9.17) is 16.1 Å². The molecule has 0 fully saturated rings. The Morgan fingerprint density at radius 3 is 2.64 bits per heavy atom. The van der Waals surface area contributed by atoms with Crippen LogP contribution in [0.5, 0.6) is 0 Å². The van der Waals surface area contributed by atoms with Gasteiger partial charge in [0.2, 0.25) is 16.9 Å². The molecule has 7 nitrogen and oxygen atoms in total. The van der Waals surface area contributed by atoms with Gasteiger partial charge in [-0.1, -0.05) is 46.7 Å². The van der Waals surface area contributed by atoms with Crippen molar-refractivity contribution in [2.75, 3.05) is 0 Å². The first-order valence-electron chi connectivity index (χ1n) is 7.35. The van der Waals surface area contributed by atoms with E-state index in [0.717, 1.165) is 11.3 Å². The fraction of sp³-hybridized carbons (Fsp3) is 0.0625. The minimum absolute atomic E-state index is 0.466. The van der Waals surface area contributed by atoms with Crippen molar-refractivity contribution in [2.45, 2.75) is 10.9 Å². The van der Waals surface area contributed by atoms with Crippen molar-refractivity contribution < 1.29 is 4.52 Å². The van der Waals surface area contributed by atoms with Crippen LogP contribution in [-0.2, 0) is 5.75 Å². The first-order valence-corrected chi connectivity index (χ1v) is 8.71. The van der Waals surface area contributed by atoms with E-state index in [9.17, 15) is 0 Å². The molecule has 0 amide bonds. The van der Waals surface area contributed by atoms with Gasteiger partial charge in [0.05, 0.1) is 11.4 Å². The normalized spacial score (nSPS) is 10.9. The average molecular weight is 371 g/mol. The summed E-state index contributed by atoms with van der Waals surface area (Å²) in [6.07, 6.45) is 0. The molecule has 0 saturated heterocycles. The maximum atomic E-state index is 5.89. The molecule has 0 N–H and O–H groups in total. The van der Waals surface area contributed by atoms with E-state index in [1.807, 2.05) is 42.5 Å². The Kier molecular flexibility index (Phi) is 4.45. The maximum Gasteiger partial charge on any atom is 0.237 e. The highest BCUT2D eigenvalue weighted by molar-refractivity contribution is 7.98. The summed E-state index contributed by atoms with van der Waals surface area (Å²) in [5.74, 6) is 1.49. The van der Waals surface area contributed by atoms with Crippen molar-refractivity contribution in [1.82, 2.24) is 30.3 Å². The third-order valence-corrected chi connectivity index (χ3v) is 4.49. The fourth-order valence-corrected chi connectivity index (χ4v) is 3.01. The lowest BCUT2D eigenvalue weighted by Crippen LogP contribution is -1.98. The van der Waals surface area contributed by atoms with Crippen LogP contribution in [0.25, 0.3) is 17.1 Å². The second-order valence-electron chi connectivity index (χ2n) is 5.02. The molecule has 0 aliphatic heterocycles. The molecular weight excluding hydrogens is 360 g/mol. The number of para-hydroxylation sites is 1. The summed E-state index contributed by atoms with van der Waals surface area (Å²) in [5.41, 5.74) is 1.74.